The molecule has 0 unspecified atom stereocenters. The Morgan fingerprint density at radius 3 is 0.961 bits per heavy atom. The van der Waals surface area contributed by atoms with Gasteiger partial charge in [-0.05, 0) is 49.2 Å². The molecule has 0 spiro atoms. The maximum Gasteiger partial charge on any atom is 2.00 e. The molecule has 0 fully saturated rings. The molecule has 0 atom stereocenters. The zero-order valence-corrected chi connectivity index (χ0v) is 34.9. The van der Waals surface area contributed by atoms with Gasteiger partial charge >= 0.3 is 31.4 Å². The smallest absolute Gasteiger partial charge is 0.872 e. The summed E-state index contributed by atoms with van der Waals surface area (Å²) in [5.74, 6) is -2.48. The first-order valence-corrected chi connectivity index (χ1v) is 19.6. The Bertz CT molecular complexity index is 1070. The number of benzene rings is 2. The second-order valence-electron chi connectivity index (χ2n) is 13.4. The zero-order valence-electron chi connectivity index (χ0n) is 31.9. The van der Waals surface area contributed by atoms with Crippen molar-refractivity contribution >= 4 is 11.9 Å². The summed E-state index contributed by atoms with van der Waals surface area (Å²) in [6.45, 7) is 5.65. The second-order valence-corrected chi connectivity index (χ2v) is 13.4. The molecule has 2 aromatic rings. The molecule has 0 saturated heterocycles. The van der Waals surface area contributed by atoms with Crippen molar-refractivity contribution in [3.63, 3.8) is 0 Å². The molecule has 51 heavy (non-hydrogen) atoms. The van der Waals surface area contributed by atoms with E-state index in [-0.39, 0.29) is 30.6 Å². The van der Waals surface area contributed by atoms with Gasteiger partial charge in [0.2, 0.25) is 0 Å². The second kappa shape index (κ2) is 33.1. The Morgan fingerprint density at radius 2 is 0.725 bits per heavy atom. The summed E-state index contributed by atoms with van der Waals surface area (Å²) in [6, 6.07) is 8.22. The first-order chi connectivity index (χ1) is 24.3. The van der Waals surface area contributed by atoms with E-state index in [9.17, 15) is 19.8 Å². The summed E-state index contributed by atoms with van der Waals surface area (Å²) in [6.07, 6.45) is 31.0. The maximum atomic E-state index is 11.6. The van der Waals surface area contributed by atoms with E-state index in [0.717, 1.165) is 25.7 Å². The number of carboxylic acids is 2. The Balaban J connectivity index is 0.000000962. The number of unbranched alkanes of at least 4 members (excludes halogenated alkanes) is 22. The molecule has 0 aliphatic heterocycles. The van der Waals surface area contributed by atoms with Crippen LogP contribution in [0, 0.1) is 0 Å². The Morgan fingerprint density at radius 1 is 0.471 bits per heavy atom. The molecule has 0 radical (unpaired) electrons. The van der Waals surface area contributed by atoms with Gasteiger partial charge in [0.25, 0.3) is 0 Å². The minimum absolute atomic E-state index is 0. The Kier molecular flexibility index (Phi) is 31.3. The number of carbonyl (C=O) groups is 2. The Labute approximate surface area is 321 Å². The van der Waals surface area contributed by atoms with Gasteiger partial charge in [0, 0.05) is 0 Å². The van der Waals surface area contributed by atoms with Crippen LogP contribution < -0.4 is 19.7 Å². The third kappa shape index (κ3) is 25.7. The quantitative estimate of drug-likeness (QED) is 0.0592. The van der Waals surface area contributed by atoms with E-state index in [4.69, 9.17) is 19.7 Å². The molecule has 2 rings (SSSR count). The van der Waals surface area contributed by atoms with Gasteiger partial charge < -0.3 is 29.9 Å². The van der Waals surface area contributed by atoms with Crippen molar-refractivity contribution in [3.05, 3.63) is 47.5 Å². The number of hydrogen-bond acceptors (Lipinski definition) is 6. The number of ether oxygens (including phenoxy) is 2. The third-order valence-corrected chi connectivity index (χ3v) is 8.90. The Hall–Kier alpha value is -2.80. The monoisotopic (exact) mass is 762 g/mol. The van der Waals surface area contributed by atoms with Crippen LogP contribution in [-0.2, 0) is 19.5 Å². The van der Waals surface area contributed by atoms with E-state index < -0.39 is 23.4 Å². The third-order valence-electron chi connectivity index (χ3n) is 8.90. The minimum Gasteiger partial charge on any atom is -0.872 e. The molecule has 0 aromatic heterocycles. The van der Waals surface area contributed by atoms with Crippen LogP contribution in [0.2, 0.25) is 0 Å². The van der Waals surface area contributed by atoms with E-state index >= 15 is 0 Å². The van der Waals surface area contributed by atoms with E-state index in [1.807, 2.05) is 0 Å². The predicted octanol–water partition coefficient (Wildman–Crippen LogP) is 11.1. The fraction of sp³-hybridized carbons (Fsp3) is 0.667. The van der Waals surface area contributed by atoms with Crippen LogP contribution in [0.25, 0.3) is 0 Å². The van der Waals surface area contributed by atoms with E-state index in [2.05, 4.69) is 13.8 Å². The van der Waals surface area contributed by atoms with Crippen LogP contribution in [0.1, 0.15) is 189 Å². The summed E-state index contributed by atoms with van der Waals surface area (Å²) in [5.41, 5.74) is -0.421. The van der Waals surface area contributed by atoms with Crippen LogP contribution in [0.5, 0.6) is 23.0 Å². The molecule has 0 saturated carbocycles. The van der Waals surface area contributed by atoms with Gasteiger partial charge in [-0.1, -0.05) is 167 Å². The summed E-state index contributed by atoms with van der Waals surface area (Å²) in [4.78, 5) is 21.6. The predicted molar refractivity (Wildman–Crippen MR) is 199 cm³/mol. The van der Waals surface area contributed by atoms with Crippen LogP contribution in [0.4, 0.5) is 0 Å². The molecule has 0 aliphatic carbocycles. The van der Waals surface area contributed by atoms with Gasteiger partial charge in [-0.25, -0.2) is 9.59 Å². The summed E-state index contributed by atoms with van der Waals surface area (Å²) >= 11 is 0. The molecule has 0 amide bonds. The molecule has 0 heterocycles. The fourth-order valence-corrected chi connectivity index (χ4v) is 5.80. The van der Waals surface area contributed by atoms with E-state index in [0.29, 0.717) is 24.7 Å². The van der Waals surface area contributed by atoms with Gasteiger partial charge in [-0.15, -0.1) is 0 Å². The van der Waals surface area contributed by atoms with Crippen LogP contribution in [0.15, 0.2) is 36.4 Å². The van der Waals surface area contributed by atoms with Crippen molar-refractivity contribution in [2.45, 2.75) is 168 Å². The molecule has 0 aliphatic rings. The molecular formula is C42H66O8Zn. The fourth-order valence-electron chi connectivity index (χ4n) is 5.80. The first kappa shape index (κ1) is 48.2. The molecular weight excluding hydrogens is 698 g/mol. The van der Waals surface area contributed by atoms with E-state index in [1.165, 1.54) is 153 Å². The van der Waals surface area contributed by atoms with Gasteiger partial charge in [0.15, 0.2) is 0 Å². The topological polar surface area (TPSA) is 139 Å². The molecule has 2 N–H and O–H groups in total. The molecule has 9 heteroatoms. The summed E-state index contributed by atoms with van der Waals surface area (Å²) in [7, 11) is 0. The summed E-state index contributed by atoms with van der Waals surface area (Å²) in [5, 5.41) is 40.7. The van der Waals surface area contributed by atoms with Crippen molar-refractivity contribution in [1.82, 2.24) is 0 Å². The minimum atomic E-state index is -1.20. The summed E-state index contributed by atoms with van der Waals surface area (Å²) < 4.78 is 11.0. The number of rotatable bonds is 30. The van der Waals surface area contributed by atoms with Gasteiger partial charge in [-0.2, -0.15) is 0 Å². The molecule has 8 nitrogen and oxygen atoms in total. The number of carboxylic acid groups (broad SMARTS) is 2. The zero-order chi connectivity index (χ0) is 36.7. The van der Waals surface area contributed by atoms with Crippen LogP contribution >= 0.6 is 0 Å². The number of hydrogen-bond donors (Lipinski definition) is 2. The largest absolute Gasteiger partial charge is 2.00 e. The van der Waals surface area contributed by atoms with Crippen molar-refractivity contribution in [2.24, 2.45) is 0 Å². The first-order valence-electron chi connectivity index (χ1n) is 19.6. The van der Waals surface area contributed by atoms with Crippen LogP contribution in [-0.4, -0.2) is 35.4 Å². The van der Waals surface area contributed by atoms with Crippen molar-refractivity contribution in [3.8, 4) is 23.0 Å². The van der Waals surface area contributed by atoms with Crippen molar-refractivity contribution < 1.29 is 59.0 Å². The van der Waals surface area contributed by atoms with Crippen molar-refractivity contribution in [1.29, 1.82) is 0 Å². The number of aromatic carboxylic acids is 2. The van der Waals surface area contributed by atoms with Crippen molar-refractivity contribution in [2.75, 3.05) is 13.2 Å². The molecule has 2 aromatic carbocycles. The standard InChI is InChI=1S/2C21H34O4.Zn/c2*1-2-3-4-5-6-7-8-9-10-11-12-13-16-25-18-14-15-19(21(23)24)20(22)17-18;/h2*14-15,17,22H,2-13,16H2,1H3,(H,23,24);/q;;+2/p-2. The van der Waals surface area contributed by atoms with E-state index in [1.54, 1.807) is 12.1 Å². The van der Waals surface area contributed by atoms with Gasteiger partial charge in [-0.3, -0.25) is 0 Å². The average Bonchev–Trinajstić information content (AvgIpc) is 3.09. The normalized spacial score (nSPS) is 10.5. The molecule has 284 valence electrons. The average molecular weight is 764 g/mol. The molecule has 0 bridgehead atoms. The SMILES string of the molecule is CCCCCCCCCCCCCCOc1ccc(C(=O)O)c([O-])c1.CCCCCCCCCCCCCCOc1ccc(C(=O)O)c([O-])c1.[Zn+2]. The van der Waals surface area contributed by atoms with Crippen LogP contribution in [0.3, 0.4) is 0 Å². The maximum absolute atomic E-state index is 11.6. The van der Waals surface area contributed by atoms with Gasteiger partial charge in [0.1, 0.15) is 11.5 Å². The van der Waals surface area contributed by atoms with Gasteiger partial charge in [0.05, 0.1) is 24.3 Å².